The third kappa shape index (κ3) is 2.95. The molecule has 0 spiro atoms. The lowest BCUT2D eigenvalue weighted by molar-refractivity contribution is 0.571. The van der Waals surface area contributed by atoms with E-state index in [2.05, 4.69) is 44.3 Å². The molecule has 102 valence electrons. The smallest absolute Gasteiger partial charge is 0.127 e. The molecule has 1 heterocycles. The zero-order chi connectivity index (χ0) is 14.0. The molecule has 0 aliphatic heterocycles. The number of thioether (sulfide) groups is 1. The number of aryl methyl sites for hydroxylation is 1. The number of hydrogen-bond acceptors (Lipinski definition) is 3. The number of anilines is 1. The van der Waals surface area contributed by atoms with Crippen LogP contribution in [0.1, 0.15) is 25.1 Å². The van der Waals surface area contributed by atoms with Crippen LogP contribution in [0.4, 0.5) is 5.82 Å². The molecule has 0 aliphatic rings. The highest BCUT2D eigenvalue weighted by molar-refractivity contribution is 7.98. The van der Waals surface area contributed by atoms with Crippen molar-refractivity contribution >= 4 is 17.6 Å². The van der Waals surface area contributed by atoms with E-state index in [4.69, 9.17) is 5.73 Å². The van der Waals surface area contributed by atoms with Crippen molar-refractivity contribution in [3.8, 4) is 5.69 Å². The van der Waals surface area contributed by atoms with Gasteiger partial charge in [0.25, 0.3) is 0 Å². The first-order chi connectivity index (χ1) is 8.94. The molecule has 2 N–H and O–H groups in total. The summed E-state index contributed by atoms with van der Waals surface area (Å²) in [5.41, 5.74) is 9.41. The molecule has 0 radical (unpaired) electrons. The molecule has 0 bridgehead atoms. The van der Waals surface area contributed by atoms with Gasteiger partial charge in [-0.05, 0) is 30.9 Å². The molecule has 0 aliphatic carbocycles. The van der Waals surface area contributed by atoms with E-state index in [9.17, 15) is 0 Å². The van der Waals surface area contributed by atoms with Crippen LogP contribution >= 0.6 is 11.8 Å². The van der Waals surface area contributed by atoms with E-state index in [0.29, 0.717) is 5.82 Å². The second-order valence-electron chi connectivity index (χ2n) is 5.52. The lowest BCUT2D eigenvalue weighted by atomic mass is 9.92. The minimum Gasteiger partial charge on any atom is -0.384 e. The van der Waals surface area contributed by atoms with Gasteiger partial charge in [-0.15, -0.1) is 0 Å². The molecule has 2 rings (SSSR count). The highest BCUT2D eigenvalue weighted by Crippen LogP contribution is 2.28. The molecule has 0 atom stereocenters. The minimum absolute atomic E-state index is 0.0304. The molecular formula is C15H21N3S. The predicted molar refractivity (Wildman–Crippen MR) is 84.1 cm³/mol. The van der Waals surface area contributed by atoms with Gasteiger partial charge in [0, 0.05) is 17.2 Å². The molecule has 0 fully saturated rings. The number of benzene rings is 1. The van der Waals surface area contributed by atoms with Crippen LogP contribution in [0, 0.1) is 6.92 Å². The zero-order valence-electron chi connectivity index (χ0n) is 12.0. The van der Waals surface area contributed by atoms with Gasteiger partial charge in [-0.2, -0.15) is 16.9 Å². The summed E-state index contributed by atoms with van der Waals surface area (Å²) in [5.74, 6) is 1.71. The Kier molecular flexibility index (Phi) is 3.90. The molecule has 1 aromatic carbocycles. The number of nitrogens with two attached hydrogens (primary N) is 1. The van der Waals surface area contributed by atoms with Crippen molar-refractivity contribution in [2.75, 3.05) is 17.7 Å². The molecular weight excluding hydrogens is 254 g/mol. The van der Waals surface area contributed by atoms with E-state index in [-0.39, 0.29) is 5.41 Å². The van der Waals surface area contributed by atoms with E-state index >= 15 is 0 Å². The summed E-state index contributed by atoms with van der Waals surface area (Å²) in [4.78, 5) is 0. The molecule has 1 aromatic heterocycles. The summed E-state index contributed by atoms with van der Waals surface area (Å²) in [7, 11) is 0. The monoisotopic (exact) mass is 275 g/mol. The second kappa shape index (κ2) is 5.29. The van der Waals surface area contributed by atoms with Crippen LogP contribution in [0.2, 0.25) is 0 Å². The summed E-state index contributed by atoms with van der Waals surface area (Å²) >= 11 is 1.83. The third-order valence-corrected chi connectivity index (χ3v) is 4.19. The molecule has 3 nitrogen and oxygen atoms in total. The average Bonchev–Trinajstić information content (AvgIpc) is 2.72. The summed E-state index contributed by atoms with van der Waals surface area (Å²) in [5, 5.41) is 4.69. The second-order valence-corrected chi connectivity index (χ2v) is 6.39. The summed E-state index contributed by atoms with van der Waals surface area (Å²) < 4.78 is 1.82. The van der Waals surface area contributed by atoms with Crippen LogP contribution in [-0.4, -0.2) is 21.8 Å². The first-order valence-corrected chi connectivity index (χ1v) is 7.75. The van der Waals surface area contributed by atoms with Crippen LogP contribution in [0.25, 0.3) is 5.69 Å². The lowest BCUT2D eigenvalue weighted by Crippen LogP contribution is -2.21. The Morgan fingerprint density at radius 2 is 2.05 bits per heavy atom. The van der Waals surface area contributed by atoms with Crippen molar-refractivity contribution < 1.29 is 0 Å². The van der Waals surface area contributed by atoms with Crippen LogP contribution in [0.15, 0.2) is 30.3 Å². The Hall–Kier alpha value is -1.42. The summed E-state index contributed by atoms with van der Waals surface area (Å²) in [6.07, 6.45) is 2.11. The fraction of sp³-hybridized carbons (Fsp3) is 0.400. The van der Waals surface area contributed by atoms with Gasteiger partial charge < -0.3 is 5.73 Å². The zero-order valence-corrected chi connectivity index (χ0v) is 12.8. The van der Waals surface area contributed by atoms with E-state index < -0.39 is 0 Å². The molecule has 19 heavy (non-hydrogen) atoms. The summed E-state index contributed by atoms with van der Waals surface area (Å²) in [6.45, 7) is 6.47. The number of nitrogen functional groups attached to an aromatic ring is 1. The van der Waals surface area contributed by atoms with E-state index in [1.165, 1.54) is 5.56 Å². The minimum atomic E-state index is 0.0304. The van der Waals surface area contributed by atoms with E-state index in [0.717, 1.165) is 17.1 Å². The fourth-order valence-electron chi connectivity index (χ4n) is 2.13. The molecule has 2 aromatic rings. The van der Waals surface area contributed by atoms with Crippen molar-refractivity contribution in [3.05, 3.63) is 41.6 Å². The Morgan fingerprint density at radius 3 is 2.68 bits per heavy atom. The third-order valence-electron chi connectivity index (χ3n) is 3.18. The topological polar surface area (TPSA) is 43.8 Å². The van der Waals surface area contributed by atoms with Crippen LogP contribution in [0.5, 0.6) is 0 Å². The first kappa shape index (κ1) is 14.0. The van der Waals surface area contributed by atoms with Crippen molar-refractivity contribution in [1.82, 2.24) is 9.78 Å². The maximum absolute atomic E-state index is 6.11. The molecule has 0 amide bonds. The van der Waals surface area contributed by atoms with Gasteiger partial charge in [0.1, 0.15) is 5.82 Å². The number of nitrogens with zero attached hydrogens (tertiary/aromatic N) is 2. The Labute approximate surface area is 119 Å². The quantitative estimate of drug-likeness (QED) is 0.930. The number of hydrogen-bond donors (Lipinski definition) is 1. The molecule has 0 saturated carbocycles. The van der Waals surface area contributed by atoms with Crippen molar-refractivity contribution in [2.24, 2.45) is 0 Å². The number of aromatic nitrogens is 2. The molecule has 4 heteroatoms. The van der Waals surface area contributed by atoms with Gasteiger partial charge in [-0.3, -0.25) is 0 Å². The fourth-order valence-corrected chi connectivity index (χ4v) is 3.00. The van der Waals surface area contributed by atoms with Gasteiger partial charge in [-0.1, -0.05) is 26.0 Å². The van der Waals surface area contributed by atoms with Gasteiger partial charge in [0.2, 0.25) is 0 Å². The lowest BCUT2D eigenvalue weighted by Gasteiger charge is -2.20. The molecule has 0 unspecified atom stereocenters. The van der Waals surface area contributed by atoms with E-state index in [1.807, 2.05) is 34.6 Å². The SMILES string of the molecule is CSCC(C)(C)c1cc(N)n(-c2cccc(C)c2)n1. The first-order valence-electron chi connectivity index (χ1n) is 6.36. The van der Waals surface area contributed by atoms with Crippen LogP contribution in [-0.2, 0) is 5.41 Å². The normalized spacial score (nSPS) is 11.8. The van der Waals surface area contributed by atoms with Crippen molar-refractivity contribution in [1.29, 1.82) is 0 Å². The number of rotatable bonds is 4. The van der Waals surface area contributed by atoms with Gasteiger partial charge in [-0.25, -0.2) is 4.68 Å². The average molecular weight is 275 g/mol. The van der Waals surface area contributed by atoms with E-state index in [1.54, 1.807) is 0 Å². The summed E-state index contributed by atoms with van der Waals surface area (Å²) in [6, 6.07) is 10.2. The maximum atomic E-state index is 6.11. The highest BCUT2D eigenvalue weighted by Gasteiger charge is 2.24. The van der Waals surface area contributed by atoms with Crippen LogP contribution < -0.4 is 5.73 Å². The Bertz CT molecular complexity index is 573. The Morgan fingerprint density at radius 1 is 1.32 bits per heavy atom. The predicted octanol–water partition coefficient (Wildman–Crippen LogP) is 3.40. The standard InChI is InChI=1S/C15H21N3S/c1-11-6-5-7-12(8-11)18-14(16)9-13(17-18)15(2,3)10-19-4/h5-9H,10,16H2,1-4H3. The van der Waals surface area contributed by atoms with Crippen molar-refractivity contribution in [3.63, 3.8) is 0 Å². The largest absolute Gasteiger partial charge is 0.384 e. The maximum Gasteiger partial charge on any atom is 0.127 e. The van der Waals surface area contributed by atoms with Gasteiger partial charge >= 0.3 is 0 Å². The Balaban J connectivity index is 2.42. The van der Waals surface area contributed by atoms with Gasteiger partial charge in [0.05, 0.1) is 11.4 Å². The highest BCUT2D eigenvalue weighted by atomic mass is 32.2. The van der Waals surface area contributed by atoms with Crippen LogP contribution in [0.3, 0.4) is 0 Å². The van der Waals surface area contributed by atoms with Gasteiger partial charge in [0.15, 0.2) is 0 Å². The molecule has 0 saturated heterocycles. The van der Waals surface area contributed by atoms with Crippen molar-refractivity contribution in [2.45, 2.75) is 26.2 Å².